The van der Waals surface area contributed by atoms with E-state index in [1.54, 1.807) is 36.8 Å². The molecule has 0 spiro atoms. The summed E-state index contributed by atoms with van der Waals surface area (Å²) >= 11 is 6.32. The van der Waals surface area contributed by atoms with E-state index in [-0.39, 0.29) is 22.9 Å². The van der Waals surface area contributed by atoms with Crippen LogP contribution in [0.25, 0.3) is 22.4 Å². The molecular formula is C23H19ClN8O2. The standard InChI is InChI=1S/C23H19ClN8O2/c1-13(33)14-11-26-20-18(14)22(28-12-27-20)30-9-4-5-16(30)21-29-31-10-7-15(24)19(31)23(34)32(21)17-6-2-3-8-25-17/h2-3,6-8,10-12,16H,4-5,9H2,1H3,(H,26,27,28)/t16-/m0/s1. The number of aromatic amines is 1. The van der Waals surface area contributed by atoms with Crippen molar-refractivity contribution < 1.29 is 4.79 Å². The van der Waals surface area contributed by atoms with Crippen molar-refractivity contribution in [3.63, 3.8) is 0 Å². The molecule has 11 heteroatoms. The maximum absolute atomic E-state index is 13.6. The Balaban J connectivity index is 1.60. The number of hydrogen-bond acceptors (Lipinski definition) is 7. The van der Waals surface area contributed by atoms with E-state index >= 15 is 0 Å². The molecule has 1 fully saturated rings. The van der Waals surface area contributed by atoms with E-state index < -0.39 is 0 Å². The van der Waals surface area contributed by atoms with Crippen molar-refractivity contribution >= 4 is 39.8 Å². The quantitative estimate of drug-likeness (QED) is 0.397. The van der Waals surface area contributed by atoms with E-state index in [1.807, 2.05) is 6.07 Å². The van der Waals surface area contributed by atoms with Crippen LogP contribution in [0, 0.1) is 0 Å². The third-order valence-corrected chi connectivity index (χ3v) is 6.50. The van der Waals surface area contributed by atoms with Gasteiger partial charge in [-0.15, -0.1) is 0 Å². The first-order valence-electron chi connectivity index (χ1n) is 10.9. The lowest BCUT2D eigenvalue weighted by Crippen LogP contribution is -2.33. The van der Waals surface area contributed by atoms with Crippen LogP contribution in [0.5, 0.6) is 0 Å². The van der Waals surface area contributed by atoms with Crippen molar-refractivity contribution in [3.8, 4) is 5.82 Å². The maximum Gasteiger partial charge on any atom is 0.285 e. The lowest BCUT2D eigenvalue weighted by Gasteiger charge is -2.27. The molecule has 1 atom stereocenters. The van der Waals surface area contributed by atoms with Crippen LogP contribution < -0.4 is 10.5 Å². The molecule has 1 N–H and O–H groups in total. The third-order valence-electron chi connectivity index (χ3n) is 6.19. The van der Waals surface area contributed by atoms with Crippen molar-refractivity contribution in [1.82, 2.24) is 34.1 Å². The van der Waals surface area contributed by atoms with Crippen molar-refractivity contribution in [2.45, 2.75) is 25.8 Å². The molecule has 0 saturated carbocycles. The van der Waals surface area contributed by atoms with Crippen LogP contribution in [0.15, 0.2) is 54.0 Å². The molecule has 0 bridgehead atoms. The number of nitrogens with one attached hydrogen (secondary N) is 1. The van der Waals surface area contributed by atoms with Gasteiger partial charge in [0.15, 0.2) is 11.6 Å². The first-order chi connectivity index (χ1) is 16.5. The Morgan fingerprint density at radius 1 is 1.21 bits per heavy atom. The first-order valence-corrected chi connectivity index (χ1v) is 11.2. The number of anilines is 1. The summed E-state index contributed by atoms with van der Waals surface area (Å²) < 4.78 is 3.04. The molecule has 0 radical (unpaired) electrons. The van der Waals surface area contributed by atoms with Gasteiger partial charge in [0.05, 0.1) is 16.5 Å². The molecule has 6 heterocycles. The van der Waals surface area contributed by atoms with Crippen LogP contribution in [0.4, 0.5) is 5.82 Å². The zero-order valence-corrected chi connectivity index (χ0v) is 18.9. The fourth-order valence-corrected chi connectivity index (χ4v) is 4.92. The molecule has 0 aromatic carbocycles. The largest absolute Gasteiger partial charge is 0.346 e. The van der Waals surface area contributed by atoms with Gasteiger partial charge in [0, 0.05) is 30.7 Å². The van der Waals surface area contributed by atoms with Crippen molar-refractivity contribution in [3.05, 3.63) is 75.9 Å². The van der Waals surface area contributed by atoms with Crippen LogP contribution in [0.1, 0.15) is 42.0 Å². The fourth-order valence-electron chi connectivity index (χ4n) is 4.70. The Morgan fingerprint density at radius 2 is 2.09 bits per heavy atom. The summed E-state index contributed by atoms with van der Waals surface area (Å²) in [6.07, 6.45) is 8.04. The molecule has 1 saturated heterocycles. The Labute approximate surface area is 197 Å². The maximum atomic E-state index is 13.6. The third kappa shape index (κ3) is 3.02. The van der Waals surface area contributed by atoms with Crippen LogP contribution in [0.2, 0.25) is 5.02 Å². The molecule has 6 rings (SSSR count). The number of carbonyl (C=O) groups excluding carboxylic acids is 1. The van der Waals surface area contributed by atoms with Crippen molar-refractivity contribution in [2.75, 3.05) is 11.4 Å². The average Bonchev–Trinajstić information content (AvgIpc) is 3.57. The smallest absolute Gasteiger partial charge is 0.285 e. The Hall–Kier alpha value is -4.05. The minimum atomic E-state index is -0.301. The van der Waals surface area contributed by atoms with E-state index in [4.69, 9.17) is 16.7 Å². The van der Waals surface area contributed by atoms with Gasteiger partial charge in [0.1, 0.15) is 29.1 Å². The lowest BCUT2D eigenvalue weighted by molar-refractivity contribution is 0.101. The summed E-state index contributed by atoms with van der Waals surface area (Å²) in [4.78, 5) is 44.3. The fraction of sp³-hybridized carbons (Fsp3) is 0.217. The molecule has 10 nitrogen and oxygen atoms in total. The summed E-state index contributed by atoms with van der Waals surface area (Å²) in [5, 5.41) is 5.80. The minimum Gasteiger partial charge on any atom is -0.346 e. The molecule has 1 aliphatic heterocycles. The summed E-state index contributed by atoms with van der Waals surface area (Å²) in [5.74, 6) is 1.53. The number of aromatic nitrogens is 7. The number of hydrogen-bond donors (Lipinski definition) is 1. The van der Waals surface area contributed by atoms with Crippen molar-refractivity contribution in [2.24, 2.45) is 0 Å². The van der Waals surface area contributed by atoms with Gasteiger partial charge in [-0.05, 0) is 38.0 Å². The SMILES string of the molecule is CC(=O)c1c[nH]c2ncnc(N3CCC[C@H]3c3nn4ccc(Cl)c4c(=O)n3-c3ccccn3)c12. The summed E-state index contributed by atoms with van der Waals surface area (Å²) in [5.41, 5.74) is 1.10. The van der Waals surface area contributed by atoms with Gasteiger partial charge >= 0.3 is 0 Å². The summed E-state index contributed by atoms with van der Waals surface area (Å²) in [6, 6.07) is 6.74. The topological polar surface area (TPSA) is 114 Å². The van der Waals surface area contributed by atoms with Crippen LogP contribution >= 0.6 is 11.6 Å². The number of nitrogens with zero attached hydrogens (tertiary/aromatic N) is 7. The predicted octanol–water partition coefficient (Wildman–Crippen LogP) is 3.35. The molecule has 0 unspecified atom stereocenters. The number of rotatable bonds is 4. The molecule has 34 heavy (non-hydrogen) atoms. The average molecular weight is 475 g/mol. The Bertz CT molecular complexity index is 1620. The number of pyridine rings is 1. The predicted molar refractivity (Wildman–Crippen MR) is 127 cm³/mol. The van der Waals surface area contributed by atoms with Crippen LogP contribution in [-0.4, -0.2) is 46.4 Å². The Kier molecular flexibility index (Phi) is 4.70. The van der Waals surface area contributed by atoms with Gasteiger partial charge in [-0.2, -0.15) is 5.10 Å². The second-order valence-corrected chi connectivity index (χ2v) is 8.58. The van der Waals surface area contributed by atoms with Gasteiger partial charge in [-0.1, -0.05) is 17.7 Å². The van der Waals surface area contributed by atoms with Crippen molar-refractivity contribution in [1.29, 1.82) is 0 Å². The zero-order valence-electron chi connectivity index (χ0n) is 18.1. The summed E-state index contributed by atoms with van der Waals surface area (Å²) in [7, 11) is 0. The highest BCUT2D eigenvalue weighted by Gasteiger charge is 2.34. The number of H-pyrrole nitrogens is 1. The van der Waals surface area contributed by atoms with Gasteiger partial charge < -0.3 is 9.88 Å². The molecule has 170 valence electrons. The number of ketones is 1. The molecule has 5 aromatic rings. The van der Waals surface area contributed by atoms with E-state index in [1.165, 1.54) is 22.3 Å². The molecule has 0 amide bonds. The first kappa shape index (κ1) is 20.5. The normalized spacial score (nSPS) is 16.1. The molecular weight excluding hydrogens is 456 g/mol. The number of fused-ring (bicyclic) bond motifs is 2. The highest BCUT2D eigenvalue weighted by atomic mass is 35.5. The van der Waals surface area contributed by atoms with Gasteiger partial charge in [0.2, 0.25) is 0 Å². The number of halogens is 1. The highest BCUT2D eigenvalue weighted by Crippen LogP contribution is 2.38. The molecule has 0 aliphatic carbocycles. The summed E-state index contributed by atoms with van der Waals surface area (Å²) in [6.45, 7) is 2.20. The van der Waals surface area contributed by atoms with Crippen LogP contribution in [-0.2, 0) is 0 Å². The Morgan fingerprint density at radius 3 is 2.88 bits per heavy atom. The van der Waals surface area contributed by atoms with E-state index in [2.05, 4.69) is 24.8 Å². The van der Waals surface area contributed by atoms with Gasteiger partial charge in [-0.3, -0.25) is 9.59 Å². The van der Waals surface area contributed by atoms with E-state index in [0.29, 0.717) is 45.6 Å². The lowest BCUT2D eigenvalue weighted by atomic mass is 10.1. The zero-order chi connectivity index (χ0) is 23.4. The second kappa shape index (κ2) is 7.77. The number of carbonyl (C=O) groups is 1. The molecule has 1 aliphatic rings. The van der Waals surface area contributed by atoms with Gasteiger partial charge in [0.25, 0.3) is 5.56 Å². The van der Waals surface area contributed by atoms with E-state index in [0.717, 1.165) is 12.8 Å². The minimum absolute atomic E-state index is 0.0787. The molecule has 5 aromatic heterocycles. The second-order valence-electron chi connectivity index (χ2n) is 8.17. The highest BCUT2D eigenvalue weighted by molar-refractivity contribution is 6.33. The van der Waals surface area contributed by atoms with Gasteiger partial charge in [-0.25, -0.2) is 24.0 Å². The van der Waals surface area contributed by atoms with Crippen LogP contribution in [0.3, 0.4) is 0 Å². The van der Waals surface area contributed by atoms with E-state index in [9.17, 15) is 9.59 Å². The monoisotopic (exact) mass is 474 g/mol. The number of Topliss-reactive ketones (excluding diaryl/α,β-unsaturated/α-hetero) is 1.